The molecule has 6 heteroatoms. The summed E-state index contributed by atoms with van der Waals surface area (Å²) in [6, 6.07) is 12.9. The second-order valence-electron chi connectivity index (χ2n) is 5.65. The maximum Gasteiger partial charge on any atom is 0.277 e. The van der Waals surface area contributed by atoms with Gasteiger partial charge in [-0.3, -0.25) is 9.59 Å². The molecule has 25 heavy (non-hydrogen) atoms. The molecule has 0 aliphatic rings. The lowest BCUT2D eigenvalue weighted by Crippen LogP contribution is -2.24. The number of nitrogens with zero attached hydrogens (tertiary/aromatic N) is 1. The van der Waals surface area contributed by atoms with Crippen molar-refractivity contribution in [3.63, 3.8) is 0 Å². The van der Waals surface area contributed by atoms with Crippen molar-refractivity contribution in [2.75, 3.05) is 11.9 Å². The highest BCUT2D eigenvalue weighted by Crippen LogP contribution is 2.18. The smallest absolute Gasteiger partial charge is 0.277 e. The van der Waals surface area contributed by atoms with E-state index >= 15 is 0 Å². The lowest BCUT2D eigenvalue weighted by molar-refractivity contribution is -0.123. The molecule has 0 aliphatic heterocycles. The molecule has 0 bridgehead atoms. The van der Waals surface area contributed by atoms with Crippen molar-refractivity contribution in [1.29, 1.82) is 0 Å². The molecule has 2 amide bonds. The maximum atomic E-state index is 11.8. The number of rotatable bonds is 6. The summed E-state index contributed by atoms with van der Waals surface area (Å²) in [7, 11) is 0. The van der Waals surface area contributed by atoms with Crippen molar-refractivity contribution in [3.05, 3.63) is 59.2 Å². The van der Waals surface area contributed by atoms with Crippen LogP contribution in [0, 0.1) is 13.8 Å². The zero-order chi connectivity index (χ0) is 18.2. The first kappa shape index (κ1) is 18.2. The summed E-state index contributed by atoms with van der Waals surface area (Å²) in [5.74, 6) is 0.220. The Morgan fingerprint density at radius 3 is 2.52 bits per heavy atom. The minimum Gasteiger partial charge on any atom is -0.483 e. The van der Waals surface area contributed by atoms with E-state index < -0.39 is 0 Å². The third-order valence-corrected chi connectivity index (χ3v) is 3.34. The summed E-state index contributed by atoms with van der Waals surface area (Å²) in [6.45, 7) is 5.23. The van der Waals surface area contributed by atoms with Crippen LogP contribution in [-0.2, 0) is 9.59 Å². The number of aryl methyl sites for hydroxylation is 2. The third kappa shape index (κ3) is 6.10. The fourth-order valence-electron chi connectivity index (χ4n) is 2.07. The number of hydrogen-bond donors (Lipinski definition) is 2. The summed E-state index contributed by atoms with van der Waals surface area (Å²) >= 11 is 0. The van der Waals surface area contributed by atoms with Crippen LogP contribution in [0.25, 0.3) is 0 Å². The number of amides is 2. The van der Waals surface area contributed by atoms with Gasteiger partial charge in [-0.2, -0.15) is 5.10 Å². The van der Waals surface area contributed by atoms with Gasteiger partial charge in [0.1, 0.15) is 5.75 Å². The number of hydrogen-bond acceptors (Lipinski definition) is 4. The summed E-state index contributed by atoms with van der Waals surface area (Å²) in [5.41, 5.74) is 5.96. The normalized spacial score (nSPS) is 10.5. The average Bonchev–Trinajstić information content (AvgIpc) is 2.57. The summed E-state index contributed by atoms with van der Waals surface area (Å²) in [6.07, 6.45) is 1.52. The van der Waals surface area contributed by atoms with Gasteiger partial charge in [0.2, 0.25) is 5.91 Å². The molecule has 0 atom stereocenters. The first-order valence-corrected chi connectivity index (χ1v) is 7.83. The summed E-state index contributed by atoms with van der Waals surface area (Å²) in [5, 5.41) is 6.57. The fourth-order valence-corrected chi connectivity index (χ4v) is 2.07. The van der Waals surface area contributed by atoms with Gasteiger partial charge in [0.15, 0.2) is 6.61 Å². The van der Waals surface area contributed by atoms with E-state index in [1.807, 2.05) is 32.0 Å². The van der Waals surface area contributed by atoms with Gasteiger partial charge >= 0.3 is 0 Å². The van der Waals surface area contributed by atoms with Gasteiger partial charge in [-0.1, -0.05) is 24.3 Å². The molecule has 0 radical (unpaired) electrons. The van der Waals surface area contributed by atoms with Gasteiger partial charge in [0.25, 0.3) is 5.91 Å². The Labute approximate surface area is 146 Å². The van der Waals surface area contributed by atoms with Crippen LogP contribution in [0.4, 0.5) is 5.69 Å². The van der Waals surface area contributed by atoms with Gasteiger partial charge in [-0.15, -0.1) is 0 Å². The Morgan fingerprint density at radius 2 is 1.84 bits per heavy atom. The van der Waals surface area contributed by atoms with E-state index in [1.54, 1.807) is 24.3 Å². The summed E-state index contributed by atoms with van der Waals surface area (Å²) in [4.78, 5) is 22.7. The molecule has 0 aromatic heterocycles. The van der Waals surface area contributed by atoms with E-state index in [2.05, 4.69) is 15.8 Å². The van der Waals surface area contributed by atoms with Gasteiger partial charge in [0.05, 0.1) is 6.21 Å². The molecule has 2 N–H and O–H groups in total. The molecule has 0 saturated heterocycles. The number of benzene rings is 2. The second-order valence-corrected chi connectivity index (χ2v) is 5.65. The van der Waals surface area contributed by atoms with Crippen molar-refractivity contribution < 1.29 is 14.3 Å². The fraction of sp³-hybridized carbons (Fsp3) is 0.211. The Hall–Kier alpha value is -3.15. The zero-order valence-electron chi connectivity index (χ0n) is 14.5. The molecule has 130 valence electrons. The first-order valence-electron chi connectivity index (χ1n) is 7.83. The highest BCUT2D eigenvalue weighted by Gasteiger charge is 2.04. The van der Waals surface area contributed by atoms with E-state index in [4.69, 9.17) is 4.74 Å². The topological polar surface area (TPSA) is 79.8 Å². The minimum absolute atomic E-state index is 0.108. The molecule has 0 aliphatic carbocycles. The highest BCUT2D eigenvalue weighted by molar-refractivity contribution is 5.89. The number of nitrogens with one attached hydrogen (secondary N) is 2. The van der Waals surface area contributed by atoms with Crippen molar-refractivity contribution in [2.24, 2.45) is 5.10 Å². The average molecular weight is 339 g/mol. The standard InChI is InChI=1S/C19H21N3O3/c1-13-4-5-14(2)18(10-13)25-12-19(24)22-20-11-16-6-8-17(9-7-16)21-15(3)23/h4-11H,12H2,1-3H3,(H,21,23)(H,22,24). The van der Waals surface area contributed by atoms with Gasteiger partial charge in [-0.25, -0.2) is 5.43 Å². The molecule has 0 unspecified atom stereocenters. The number of anilines is 1. The monoisotopic (exact) mass is 339 g/mol. The van der Waals surface area contributed by atoms with E-state index in [-0.39, 0.29) is 18.4 Å². The predicted molar refractivity (Wildman–Crippen MR) is 97.9 cm³/mol. The Morgan fingerprint density at radius 1 is 1.12 bits per heavy atom. The van der Waals surface area contributed by atoms with Crippen LogP contribution in [0.15, 0.2) is 47.6 Å². The molecule has 0 saturated carbocycles. The third-order valence-electron chi connectivity index (χ3n) is 3.34. The second kappa shape index (κ2) is 8.63. The van der Waals surface area contributed by atoms with Crippen molar-refractivity contribution in [3.8, 4) is 5.75 Å². The van der Waals surface area contributed by atoms with Crippen molar-refractivity contribution in [2.45, 2.75) is 20.8 Å². The molecule has 6 nitrogen and oxygen atoms in total. The molecule has 2 aromatic carbocycles. The maximum absolute atomic E-state index is 11.8. The molecule has 2 rings (SSSR count). The van der Waals surface area contributed by atoms with E-state index in [0.717, 1.165) is 16.7 Å². The van der Waals surface area contributed by atoms with Crippen LogP contribution >= 0.6 is 0 Å². The van der Waals surface area contributed by atoms with Crippen molar-refractivity contribution in [1.82, 2.24) is 5.43 Å². The Bertz CT molecular complexity index is 783. The molecular weight excluding hydrogens is 318 g/mol. The van der Waals surface area contributed by atoms with Crippen LogP contribution in [-0.4, -0.2) is 24.6 Å². The van der Waals surface area contributed by atoms with Gasteiger partial charge in [0, 0.05) is 12.6 Å². The lowest BCUT2D eigenvalue weighted by atomic mass is 10.1. The number of hydrazone groups is 1. The largest absolute Gasteiger partial charge is 0.483 e. The SMILES string of the molecule is CC(=O)Nc1ccc(C=NNC(=O)COc2cc(C)ccc2C)cc1. The number of carbonyl (C=O) groups is 2. The zero-order valence-corrected chi connectivity index (χ0v) is 14.5. The van der Waals surface area contributed by atoms with Crippen LogP contribution in [0.2, 0.25) is 0 Å². The summed E-state index contributed by atoms with van der Waals surface area (Å²) < 4.78 is 5.51. The predicted octanol–water partition coefficient (Wildman–Crippen LogP) is 2.79. The van der Waals surface area contributed by atoms with Crippen LogP contribution < -0.4 is 15.5 Å². The van der Waals surface area contributed by atoms with E-state index in [1.165, 1.54) is 13.1 Å². The number of carbonyl (C=O) groups excluding carboxylic acids is 2. The molecule has 0 heterocycles. The van der Waals surface area contributed by atoms with Crippen molar-refractivity contribution >= 4 is 23.7 Å². The Balaban J connectivity index is 1.82. The Kier molecular flexibility index (Phi) is 6.28. The van der Waals surface area contributed by atoms with E-state index in [0.29, 0.717) is 11.4 Å². The molecule has 2 aromatic rings. The first-order chi connectivity index (χ1) is 11.9. The molecular formula is C19H21N3O3. The quantitative estimate of drug-likeness (QED) is 0.627. The van der Waals surface area contributed by atoms with Crippen LogP contribution in [0.1, 0.15) is 23.6 Å². The molecule has 0 spiro atoms. The lowest BCUT2D eigenvalue weighted by Gasteiger charge is -2.08. The van der Waals surface area contributed by atoms with Gasteiger partial charge in [-0.05, 0) is 48.7 Å². The minimum atomic E-state index is -0.341. The molecule has 0 fully saturated rings. The van der Waals surface area contributed by atoms with Gasteiger partial charge < -0.3 is 10.1 Å². The number of ether oxygens (including phenoxy) is 1. The van der Waals surface area contributed by atoms with E-state index in [9.17, 15) is 9.59 Å². The highest BCUT2D eigenvalue weighted by atomic mass is 16.5. The van der Waals surface area contributed by atoms with Crippen LogP contribution in [0.5, 0.6) is 5.75 Å². The van der Waals surface area contributed by atoms with Crippen LogP contribution in [0.3, 0.4) is 0 Å².